The topological polar surface area (TPSA) is 66.6 Å². The largest absolute Gasteiger partial charge is 0.455 e. The number of nitrogens with zero attached hydrogens (tertiary/aromatic N) is 1. The van der Waals surface area contributed by atoms with Gasteiger partial charge in [0.05, 0.1) is 17.0 Å². The number of hydrogen-bond acceptors (Lipinski definition) is 4. The number of halogens is 3. The highest BCUT2D eigenvalue weighted by molar-refractivity contribution is 6.06. The zero-order valence-electron chi connectivity index (χ0n) is 17.4. The minimum absolute atomic E-state index is 0.179. The predicted octanol–water partition coefficient (Wildman–Crippen LogP) is 5.82. The van der Waals surface area contributed by atoms with Gasteiger partial charge >= 0.3 is 6.18 Å². The van der Waals surface area contributed by atoms with Crippen molar-refractivity contribution in [2.24, 2.45) is 5.10 Å². The van der Waals surface area contributed by atoms with E-state index >= 15 is 0 Å². The molecule has 4 rings (SSSR count). The van der Waals surface area contributed by atoms with Crippen molar-refractivity contribution in [2.75, 3.05) is 5.43 Å². The van der Waals surface area contributed by atoms with Gasteiger partial charge in [0.1, 0.15) is 5.76 Å². The smallest absolute Gasteiger partial charge is 0.416 e. The second-order valence-electron chi connectivity index (χ2n) is 8.27. The van der Waals surface area contributed by atoms with E-state index in [0.29, 0.717) is 30.1 Å². The summed E-state index contributed by atoms with van der Waals surface area (Å²) in [6.07, 6.45) is 3.17. The van der Waals surface area contributed by atoms with Gasteiger partial charge in [-0.1, -0.05) is 25.3 Å². The van der Waals surface area contributed by atoms with E-state index in [1.807, 2.05) is 6.92 Å². The van der Waals surface area contributed by atoms with E-state index in [2.05, 4.69) is 15.8 Å². The average molecular weight is 433 g/mol. The quantitative estimate of drug-likeness (QED) is 0.597. The summed E-state index contributed by atoms with van der Waals surface area (Å²) in [5, 5.41) is 7.46. The third kappa shape index (κ3) is 4.78. The van der Waals surface area contributed by atoms with Crippen LogP contribution in [-0.2, 0) is 12.6 Å². The second-order valence-corrected chi connectivity index (χ2v) is 8.27. The minimum Gasteiger partial charge on any atom is -0.455 e. The van der Waals surface area contributed by atoms with Gasteiger partial charge in [-0.3, -0.25) is 10.2 Å². The molecule has 0 aliphatic heterocycles. The number of amides is 1. The van der Waals surface area contributed by atoms with E-state index in [0.717, 1.165) is 55.4 Å². The highest BCUT2D eigenvalue weighted by Gasteiger charge is 2.31. The fourth-order valence-electron chi connectivity index (χ4n) is 4.39. The van der Waals surface area contributed by atoms with Crippen LogP contribution in [0.1, 0.15) is 78.0 Å². The number of hydrazone groups is 1. The molecule has 31 heavy (non-hydrogen) atoms. The summed E-state index contributed by atoms with van der Waals surface area (Å²) in [5.41, 5.74) is 4.48. The summed E-state index contributed by atoms with van der Waals surface area (Å²) < 4.78 is 44.8. The number of benzene rings is 1. The lowest BCUT2D eigenvalue weighted by atomic mass is 9.93. The summed E-state index contributed by atoms with van der Waals surface area (Å²) in [6.45, 7) is 1.84. The SMILES string of the molecule is Cc1c(C(=O)NC2CCCCC2)oc2c1/C(=N/Nc1cccc(C(F)(F)F)c1)CCC2. The first-order chi connectivity index (χ1) is 14.8. The van der Waals surface area contributed by atoms with Gasteiger partial charge in [-0.15, -0.1) is 0 Å². The van der Waals surface area contributed by atoms with Crippen molar-refractivity contribution in [3.05, 3.63) is 52.5 Å². The molecule has 5 nitrogen and oxygen atoms in total. The molecule has 1 fully saturated rings. The zero-order valence-corrected chi connectivity index (χ0v) is 17.4. The van der Waals surface area contributed by atoms with Gasteiger partial charge in [0.15, 0.2) is 5.76 Å². The van der Waals surface area contributed by atoms with Crippen LogP contribution >= 0.6 is 0 Å². The number of anilines is 1. The lowest BCUT2D eigenvalue weighted by Gasteiger charge is -2.22. The van der Waals surface area contributed by atoms with E-state index in [1.165, 1.54) is 18.6 Å². The number of carbonyl (C=O) groups excluding carboxylic acids is 1. The monoisotopic (exact) mass is 433 g/mol. The number of hydrogen-bond donors (Lipinski definition) is 2. The molecule has 0 atom stereocenters. The number of carbonyl (C=O) groups is 1. The first-order valence-corrected chi connectivity index (χ1v) is 10.8. The number of fused-ring (bicyclic) bond motifs is 1. The van der Waals surface area contributed by atoms with Gasteiger partial charge in [0, 0.05) is 23.6 Å². The second kappa shape index (κ2) is 8.77. The van der Waals surface area contributed by atoms with Gasteiger partial charge in [0.2, 0.25) is 0 Å². The molecule has 0 radical (unpaired) electrons. The van der Waals surface area contributed by atoms with Crippen LogP contribution in [0.3, 0.4) is 0 Å². The molecule has 0 bridgehead atoms. The van der Waals surface area contributed by atoms with Crippen LogP contribution in [0.5, 0.6) is 0 Å². The van der Waals surface area contributed by atoms with Crippen molar-refractivity contribution >= 4 is 17.3 Å². The number of nitrogens with one attached hydrogen (secondary N) is 2. The lowest BCUT2D eigenvalue weighted by Crippen LogP contribution is -2.36. The maximum atomic E-state index is 12.9. The van der Waals surface area contributed by atoms with E-state index in [9.17, 15) is 18.0 Å². The molecular weight excluding hydrogens is 407 g/mol. The predicted molar refractivity (Wildman–Crippen MR) is 112 cm³/mol. The Morgan fingerprint density at radius 1 is 1.13 bits per heavy atom. The zero-order chi connectivity index (χ0) is 22.0. The van der Waals surface area contributed by atoms with E-state index < -0.39 is 11.7 Å². The summed E-state index contributed by atoms with van der Waals surface area (Å²) in [4.78, 5) is 12.8. The fourth-order valence-corrected chi connectivity index (χ4v) is 4.39. The fraction of sp³-hybridized carbons (Fsp3) is 0.478. The van der Waals surface area contributed by atoms with Crippen molar-refractivity contribution in [2.45, 2.75) is 70.5 Å². The molecule has 2 aliphatic rings. The molecular formula is C23H26F3N3O2. The molecule has 2 aromatic rings. The Hall–Kier alpha value is -2.77. The standard InChI is InChI=1S/C23H26F3N3O2/c1-14-20-18(29-28-17-10-5-7-15(13-17)23(24,25)26)11-6-12-19(20)31-21(14)22(30)27-16-8-3-2-4-9-16/h5,7,10,13,16,28H,2-4,6,8-9,11-12H2,1H3,(H,27,30)/b29-18+. The Morgan fingerprint density at radius 3 is 2.65 bits per heavy atom. The van der Waals surface area contributed by atoms with Crippen molar-refractivity contribution in [1.82, 2.24) is 5.32 Å². The molecule has 2 aliphatic carbocycles. The van der Waals surface area contributed by atoms with Gasteiger partial charge < -0.3 is 9.73 Å². The molecule has 166 valence electrons. The van der Waals surface area contributed by atoms with Gasteiger partial charge in [-0.2, -0.15) is 18.3 Å². The van der Waals surface area contributed by atoms with Crippen molar-refractivity contribution in [3.8, 4) is 0 Å². The molecule has 1 amide bonds. The van der Waals surface area contributed by atoms with Gasteiger partial charge in [0.25, 0.3) is 5.91 Å². The van der Waals surface area contributed by atoms with Crippen LogP contribution in [0.2, 0.25) is 0 Å². The summed E-state index contributed by atoms with van der Waals surface area (Å²) in [6, 6.07) is 5.11. The summed E-state index contributed by atoms with van der Waals surface area (Å²) in [7, 11) is 0. The number of aryl methyl sites for hydroxylation is 1. The highest BCUT2D eigenvalue weighted by Crippen LogP contribution is 2.32. The van der Waals surface area contributed by atoms with Crippen LogP contribution in [0.4, 0.5) is 18.9 Å². The van der Waals surface area contributed by atoms with Crippen LogP contribution in [-0.4, -0.2) is 17.7 Å². The van der Waals surface area contributed by atoms with E-state index in [-0.39, 0.29) is 17.6 Å². The van der Waals surface area contributed by atoms with Gasteiger partial charge in [-0.25, -0.2) is 0 Å². The molecule has 2 N–H and O–H groups in total. The van der Waals surface area contributed by atoms with Gasteiger partial charge in [-0.05, 0) is 50.8 Å². The van der Waals surface area contributed by atoms with Crippen LogP contribution in [0, 0.1) is 6.92 Å². The lowest BCUT2D eigenvalue weighted by molar-refractivity contribution is -0.137. The van der Waals surface area contributed by atoms with Crippen molar-refractivity contribution in [1.29, 1.82) is 0 Å². The molecule has 0 unspecified atom stereocenters. The normalized spacial score (nSPS) is 18.6. The van der Waals surface area contributed by atoms with E-state index in [1.54, 1.807) is 0 Å². The van der Waals surface area contributed by atoms with E-state index in [4.69, 9.17) is 4.42 Å². The first-order valence-electron chi connectivity index (χ1n) is 10.8. The Labute approximate surface area is 179 Å². The molecule has 1 aromatic carbocycles. The Kier molecular flexibility index (Phi) is 6.07. The molecule has 1 heterocycles. The summed E-state index contributed by atoms with van der Waals surface area (Å²) in [5.74, 6) is 0.815. The molecule has 8 heteroatoms. The van der Waals surface area contributed by atoms with Crippen LogP contribution in [0.15, 0.2) is 33.8 Å². The van der Waals surface area contributed by atoms with Crippen molar-refractivity contribution < 1.29 is 22.4 Å². The Bertz CT molecular complexity index is 988. The van der Waals surface area contributed by atoms with Crippen LogP contribution in [0.25, 0.3) is 0 Å². The Balaban J connectivity index is 1.54. The third-order valence-electron chi connectivity index (χ3n) is 5.98. The Morgan fingerprint density at radius 2 is 1.90 bits per heavy atom. The minimum atomic E-state index is -4.41. The summed E-state index contributed by atoms with van der Waals surface area (Å²) >= 11 is 0. The third-order valence-corrected chi connectivity index (χ3v) is 5.98. The number of alkyl halides is 3. The van der Waals surface area contributed by atoms with Crippen LogP contribution < -0.4 is 10.7 Å². The molecule has 1 aromatic heterocycles. The van der Waals surface area contributed by atoms with Crippen molar-refractivity contribution in [3.63, 3.8) is 0 Å². The maximum absolute atomic E-state index is 12.9. The number of furan rings is 1. The highest BCUT2D eigenvalue weighted by atomic mass is 19.4. The molecule has 0 saturated heterocycles. The number of rotatable bonds is 4. The average Bonchev–Trinajstić information content (AvgIpc) is 3.10. The maximum Gasteiger partial charge on any atom is 0.416 e. The molecule has 0 spiro atoms. The molecule has 1 saturated carbocycles. The first kappa shape index (κ1) is 21.5.